The Balaban J connectivity index is 1.89. The van der Waals surface area contributed by atoms with Crippen LogP contribution in [-0.4, -0.2) is 76.0 Å². The van der Waals surface area contributed by atoms with E-state index in [0.717, 1.165) is 0 Å². The molecule has 0 bridgehead atoms. The Kier molecular flexibility index (Phi) is 13.7. The lowest BCUT2D eigenvalue weighted by Gasteiger charge is -2.15. The van der Waals surface area contributed by atoms with Crippen molar-refractivity contribution < 1.29 is 49.1 Å². The van der Waals surface area contributed by atoms with Crippen LogP contribution in [0.1, 0.15) is 38.5 Å². The quantitative estimate of drug-likeness (QED) is 0.159. The normalized spacial score (nSPS) is 12.3. The molecular weight excluding hydrogens is 569 g/mol. The average molecular weight is 600 g/mol. The summed E-state index contributed by atoms with van der Waals surface area (Å²) in [4.78, 5) is 44.6. The molecule has 0 aliphatic heterocycles. The highest BCUT2D eigenvalue weighted by atomic mass is 35.5. The van der Waals surface area contributed by atoms with Gasteiger partial charge >= 0.3 is 11.9 Å². The van der Waals surface area contributed by atoms with Gasteiger partial charge in [-0.05, 0) is 31.4 Å². The Hall–Kier alpha value is -3.38. The van der Waals surface area contributed by atoms with E-state index in [1.54, 1.807) is 36.4 Å². The zero-order valence-corrected chi connectivity index (χ0v) is 23.0. The molecule has 2 rings (SSSR count). The fourth-order valence-corrected chi connectivity index (χ4v) is 4.10. The van der Waals surface area contributed by atoms with E-state index < -0.39 is 48.7 Å². The van der Waals surface area contributed by atoms with Crippen molar-refractivity contribution in [2.24, 2.45) is 0 Å². The monoisotopic (exact) mass is 599 g/mol. The van der Waals surface area contributed by atoms with E-state index in [2.05, 4.69) is 5.32 Å². The number of carboxylic acids is 2. The summed E-state index contributed by atoms with van der Waals surface area (Å²) in [5.41, 5.74) is 1.19. The lowest BCUT2D eigenvalue weighted by Crippen LogP contribution is -2.36. The number of ether oxygens (including phenoxy) is 2. The molecule has 0 fully saturated rings. The molecule has 40 heavy (non-hydrogen) atoms. The van der Waals surface area contributed by atoms with Crippen LogP contribution >= 0.6 is 23.2 Å². The van der Waals surface area contributed by atoms with Crippen LogP contribution in [0.5, 0.6) is 11.5 Å². The number of aliphatic hydroxyl groups is 2. The zero-order chi connectivity index (χ0) is 29.7. The number of unbranched alkanes of at least 4 members (excludes halogenated alkanes) is 1. The number of carbonyl (C=O) groups excluding carboxylic acids is 2. The number of hydrogen-bond acceptors (Lipinski definition) is 8. The lowest BCUT2D eigenvalue weighted by atomic mass is 10.0. The van der Waals surface area contributed by atoms with Gasteiger partial charge in [0.25, 0.3) is 0 Å². The fourth-order valence-electron chi connectivity index (χ4n) is 3.53. The topological polar surface area (TPSA) is 180 Å². The molecule has 2 atom stereocenters. The second kappa shape index (κ2) is 16.7. The van der Waals surface area contributed by atoms with Crippen molar-refractivity contribution in [2.75, 3.05) is 19.8 Å². The lowest BCUT2D eigenvalue weighted by molar-refractivity contribution is -0.144. The molecule has 11 nitrogen and oxygen atoms in total. The number of Topliss-reactive ketones (excluding diaryl/α,β-unsaturated/α-hetero) is 1. The van der Waals surface area contributed by atoms with Crippen LogP contribution in [0.15, 0.2) is 36.4 Å². The predicted molar refractivity (Wildman–Crippen MR) is 146 cm³/mol. The molecule has 13 heteroatoms. The molecule has 0 aliphatic carbocycles. The van der Waals surface area contributed by atoms with Crippen molar-refractivity contribution >= 4 is 46.8 Å². The molecule has 2 aromatic rings. The van der Waals surface area contributed by atoms with E-state index in [1.807, 2.05) is 0 Å². The summed E-state index contributed by atoms with van der Waals surface area (Å²) in [6.45, 7) is 0.590. The first kappa shape index (κ1) is 32.8. The molecule has 0 saturated heterocycles. The predicted octanol–water partition coefficient (Wildman–Crippen LogP) is 3.33. The first-order valence-electron chi connectivity index (χ1n) is 12.4. The Bertz CT molecular complexity index is 1100. The van der Waals surface area contributed by atoms with Gasteiger partial charge in [-0.2, -0.15) is 0 Å². The van der Waals surface area contributed by atoms with E-state index in [9.17, 15) is 29.4 Å². The third-order valence-electron chi connectivity index (χ3n) is 5.58. The van der Waals surface area contributed by atoms with Crippen molar-refractivity contribution in [1.82, 2.24) is 5.32 Å². The summed E-state index contributed by atoms with van der Waals surface area (Å²) in [5, 5.41) is 39.3. The number of benzene rings is 2. The number of aliphatic hydroxyl groups excluding tert-OH is 2. The number of halogens is 2. The third-order valence-corrected chi connectivity index (χ3v) is 6.36. The molecule has 0 aromatic heterocycles. The number of carbonyl (C=O) groups is 4. The van der Waals surface area contributed by atoms with Crippen LogP contribution in [0.2, 0.25) is 10.0 Å². The Morgan fingerprint density at radius 2 is 1.25 bits per heavy atom. The van der Waals surface area contributed by atoms with Gasteiger partial charge in [-0.15, -0.1) is 0 Å². The van der Waals surface area contributed by atoms with Crippen molar-refractivity contribution in [3.8, 4) is 22.6 Å². The van der Waals surface area contributed by atoms with Gasteiger partial charge in [0.05, 0.1) is 36.1 Å². The maximum atomic E-state index is 11.8. The molecule has 218 valence electrons. The minimum atomic E-state index is -1.62. The van der Waals surface area contributed by atoms with E-state index in [1.165, 1.54) is 0 Å². The molecule has 1 amide bonds. The minimum Gasteiger partial charge on any atom is -0.492 e. The Labute approximate surface area is 240 Å². The maximum absolute atomic E-state index is 11.8. The fraction of sp³-hybridized carbons (Fsp3) is 0.407. The Morgan fingerprint density at radius 1 is 0.750 bits per heavy atom. The van der Waals surface area contributed by atoms with Gasteiger partial charge in [-0.25, -0.2) is 0 Å². The van der Waals surface area contributed by atoms with Crippen LogP contribution in [0, 0.1) is 0 Å². The van der Waals surface area contributed by atoms with Gasteiger partial charge in [0.1, 0.15) is 23.7 Å². The number of nitrogens with one attached hydrogen (secondary N) is 1. The van der Waals surface area contributed by atoms with Gasteiger partial charge in [0.2, 0.25) is 5.91 Å². The smallest absolute Gasteiger partial charge is 0.306 e. The molecule has 2 aromatic carbocycles. The standard InChI is InChI=1S/C27H31Cl2NO10/c28-25-16(6-3-9-21(25)39-12-2-1-8-18(31)19(32)14-23(34)35)17-7-4-10-22(26(17)29)40-13-5-11-30-27(38)20(33)15-24(36)37/h3-4,6-7,9-10,19-20,32-33H,1-2,5,8,11-15H2,(H,30,38)(H,34,35)(H,36,37)/t19-,20-/m1/s1. The molecule has 0 saturated carbocycles. The number of ketones is 1. The SMILES string of the molecule is O=C(O)C[C@@H](O)C(=O)CCCCOc1cccc(-c2cccc(OCCCNC(=O)[C@H](O)CC(=O)O)c2Cl)c1Cl. The molecule has 0 aliphatic rings. The second-order valence-electron chi connectivity index (χ2n) is 8.73. The largest absolute Gasteiger partial charge is 0.492 e. The number of aliphatic carboxylic acids is 2. The zero-order valence-electron chi connectivity index (χ0n) is 21.5. The Morgan fingerprint density at radius 3 is 1.77 bits per heavy atom. The van der Waals surface area contributed by atoms with E-state index in [4.69, 9.17) is 42.9 Å². The van der Waals surface area contributed by atoms with Crippen molar-refractivity contribution in [1.29, 1.82) is 0 Å². The molecule has 5 N–H and O–H groups in total. The first-order valence-corrected chi connectivity index (χ1v) is 13.2. The summed E-state index contributed by atoms with van der Waals surface area (Å²) in [7, 11) is 0. The second-order valence-corrected chi connectivity index (χ2v) is 9.48. The van der Waals surface area contributed by atoms with Crippen LogP contribution in [0.4, 0.5) is 0 Å². The highest BCUT2D eigenvalue weighted by molar-refractivity contribution is 6.38. The van der Waals surface area contributed by atoms with Crippen LogP contribution in [-0.2, 0) is 19.2 Å². The number of amides is 1. The molecule has 0 heterocycles. The summed E-state index contributed by atoms with van der Waals surface area (Å²) >= 11 is 13.2. The van der Waals surface area contributed by atoms with E-state index >= 15 is 0 Å². The van der Waals surface area contributed by atoms with Crippen LogP contribution in [0.25, 0.3) is 11.1 Å². The highest BCUT2D eigenvalue weighted by Crippen LogP contribution is 2.41. The third kappa shape index (κ3) is 10.6. The van der Waals surface area contributed by atoms with Gasteiger partial charge in [0, 0.05) is 24.1 Å². The van der Waals surface area contributed by atoms with Crippen LogP contribution < -0.4 is 14.8 Å². The van der Waals surface area contributed by atoms with Crippen LogP contribution in [0.3, 0.4) is 0 Å². The van der Waals surface area contributed by atoms with Gasteiger partial charge in [-0.1, -0.05) is 47.5 Å². The van der Waals surface area contributed by atoms with Crippen molar-refractivity contribution in [2.45, 2.75) is 50.7 Å². The van der Waals surface area contributed by atoms with E-state index in [-0.39, 0.29) is 26.2 Å². The first-order chi connectivity index (χ1) is 19.0. The van der Waals surface area contributed by atoms with E-state index in [0.29, 0.717) is 51.9 Å². The molecular formula is C27H31Cl2NO10. The number of rotatable bonds is 18. The molecule has 0 unspecified atom stereocenters. The van der Waals surface area contributed by atoms with Gasteiger partial charge < -0.3 is 35.2 Å². The number of hydrogen-bond donors (Lipinski definition) is 5. The summed E-state index contributed by atoms with van der Waals surface area (Å²) in [5.74, 6) is -3.04. The van der Waals surface area contributed by atoms with Gasteiger partial charge in [-0.3, -0.25) is 19.2 Å². The minimum absolute atomic E-state index is 0.0347. The maximum Gasteiger partial charge on any atom is 0.306 e. The van der Waals surface area contributed by atoms with Crippen molar-refractivity contribution in [3.05, 3.63) is 46.4 Å². The summed E-state index contributed by atoms with van der Waals surface area (Å²) in [6, 6.07) is 10.4. The molecule has 0 radical (unpaired) electrons. The summed E-state index contributed by atoms with van der Waals surface area (Å²) in [6.07, 6.45) is -3.14. The summed E-state index contributed by atoms with van der Waals surface area (Å²) < 4.78 is 11.5. The number of carboxylic acid groups (broad SMARTS) is 2. The molecule has 0 spiro atoms. The average Bonchev–Trinajstić information content (AvgIpc) is 2.89. The highest BCUT2D eigenvalue weighted by Gasteiger charge is 2.19. The van der Waals surface area contributed by atoms with Crippen molar-refractivity contribution in [3.63, 3.8) is 0 Å². The van der Waals surface area contributed by atoms with Gasteiger partial charge in [0.15, 0.2) is 5.78 Å².